The number of anilines is 6. The van der Waals surface area contributed by atoms with E-state index in [0.717, 1.165) is 78.1 Å². The molecular weight excluding hydrogens is 847 g/mol. The average Bonchev–Trinajstić information content (AvgIpc) is 3.43. The molecule has 70 heavy (non-hydrogen) atoms. The van der Waals surface area contributed by atoms with Crippen molar-refractivity contribution in [2.24, 2.45) is 0 Å². The summed E-state index contributed by atoms with van der Waals surface area (Å²) in [4.78, 5) is 10.4. The SMILES string of the molecule is c1ccc(-c2ccc(-c3c4cc(N(c5ccccc5)c5ccc6ccccc6c5)ccc4c(-c4cccc5ccccc45)c4cc(N(c5ccccc5)c5ccc6ccccc6c5)cnc34)cc2)cc1. The van der Waals surface area contributed by atoms with Gasteiger partial charge in [-0.25, -0.2) is 0 Å². The number of nitrogens with zero attached hydrogens (tertiary/aromatic N) is 3. The lowest BCUT2D eigenvalue weighted by Crippen LogP contribution is -2.11. The molecule has 3 heteroatoms. The van der Waals surface area contributed by atoms with Gasteiger partial charge in [0.1, 0.15) is 0 Å². The van der Waals surface area contributed by atoms with Gasteiger partial charge in [0.15, 0.2) is 0 Å². The maximum atomic E-state index is 5.66. The van der Waals surface area contributed by atoms with Gasteiger partial charge in [-0.15, -0.1) is 0 Å². The van der Waals surface area contributed by atoms with Crippen LogP contribution in [-0.4, -0.2) is 4.98 Å². The molecule has 0 spiro atoms. The number of pyridine rings is 1. The summed E-state index contributed by atoms with van der Waals surface area (Å²) >= 11 is 0. The second-order valence-electron chi connectivity index (χ2n) is 17.9. The first kappa shape index (κ1) is 40.9. The monoisotopic (exact) mass is 891 g/mol. The second-order valence-corrected chi connectivity index (χ2v) is 17.9. The molecule has 1 aromatic heterocycles. The lowest BCUT2D eigenvalue weighted by atomic mass is 9.85. The van der Waals surface area contributed by atoms with Gasteiger partial charge in [0, 0.05) is 39.4 Å². The first-order valence-corrected chi connectivity index (χ1v) is 23.9. The van der Waals surface area contributed by atoms with Crippen molar-refractivity contribution in [3.63, 3.8) is 0 Å². The molecule has 0 unspecified atom stereocenters. The fourth-order valence-corrected chi connectivity index (χ4v) is 10.5. The first-order chi connectivity index (χ1) is 34.7. The Labute approximate surface area is 407 Å². The van der Waals surface area contributed by atoms with Crippen molar-refractivity contribution in [1.82, 2.24) is 4.98 Å². The summed E-state index contributed by atoms with van der Waals surface area (Å²) in [7, 11) is 0. The molecule has 3 nitrogen and oxygen atoms in total. The van der Waals surface area contributed by atoms with Crippen molar-refractivity contribution >= 4 is 88.1 Å². The molecule has 0 radical (unpaired) electrons. The third-order valence-electron chi connectivity index (χ3n) is 13.8. The topological polar surface area (TPSA) is 19.4 Å². The Kier molecular flexibility index (Phi) is 10.2. The zero-order valence-electron chi connectivity index (χ0n) is 38.3. The second kappa shape index (κ2) is 17.4. The Morgan fingerprint density at radius 2 is 0.714 bits per heavy atom. The molecular formula is C67H45N3. The maximum absolute atomic E-state index is 5.66. The van der Waals surface area contributed by atoms with Crippen molar-refractivity contribution in [3.8, 4) is 33.4 Å². The van der Waals surface area contributed by atoms with E-state index in [1.165, 1.54) is 43.4 Å². The smallest absolute Gasteiger partial charge is 0.0794 e. The van der Waals surface area contributed by atoms with Gasteiger partial charge in [0.05, 0.1) is 17.4 Å². The summed E-state index contributed by atoms with van der Waals surface area (Å²) in [5.74, 6) is 0. The molecule has 0 amide bonds. The normalized spacial score (nSPS) is 11.4. The van der Waals surface area contributed by atoms with Gasteiger partial charge in [-0.2, -0.15) is 0 Å². The highest BCUT2D eigenvalue weighted by atomic mass is 15.2. The molecule has 328 valence electrons. The number of para-hydroxylation sites is 2. The van der Waals surface area contributed by atoms with Gasteiger partial charge in [0.25, 0.3) is 0 Å². The van der Waals surface area contributed by atoms with E-state index < -0.39 is 0 Å². The fourth-order valence-electron chi connectivity index (χ4n) is 10.5. The first-order valence-electron chi connectivity index (χ1n) is 23.9. The van der Waals surface area contributed by atoms with Crippen LogP contribution in [0.4, 0.5) is 34.1 Å². The van der Waals surface area contributed by atoms with Crippen molar-refractivity contribution in [2.75, 3.05) is 9.80 Å². The molecule has 13 rings (SSSR count). The molecule has 1 heterocycles. The predicted octanol–water partition coefficient (Wildman–Crippen LogP) is 18.8. The van der Waals surface area contributed by atoms with Crippen LogP contribution in [0.15, 0.2) is 273 Å². The number of fused-ring (bicyclic) bond motifs is 5. The van der Waals surface area contributed by atoms with E-state index in [4.69, 9.17) is 4.98 Å². The molecule has 0 aliphatic heterocycles. The quantitative estimate of drug-likeness (QED) is 0.135. The van der Waals surface area contributed by atoms with E-state index >= 15 is 0 Å². The largest absolute Gasteiger partial charge is 0.310 e. The van der Waals surface area contributed by atoms with E-state index in [-0.39, 0.29) is 0 Å². The van der Waals surface area contributed by atoms with Crippen LogP contribution in [-0.2, 0) is 0 Å². The number of rotatable bonds is 9. The number of hydrogen-bond donors (Lipinski definition) is 0. The molecule has 0 fully saturated rings. The van der Waals surface area contributed by atoms with Crippen LogP contribution in [0, 0.1) is 0 Å². The Hall–Kier alpha value is -9.31. The Balaban J connectivity index is 1.13. The summed E-state index contributed by atoms with van der Waals surface area (Å²) in [5, 5.41) is 10.5. The number of hydrogen-bond acceptors (Lipinski definition) is 3. The molecule has 13 aromatic rings. The van der Waals surface area contributed by atoms with Crippen LogP contribution in [0.3, 0.4) is 0 Å². The molecule has 0 saturated heterocycles. The highest BCUT2D eigenvalue weighted by molar-refractivity contribution is 6.23. The summed E-state index contributed by atoms with van der Waals surface area (Å²) < 4.78 is 0. The minimum Gasteiger partial charge on any atom is -0.310 e. The van der Waals surface area contributed by atoms with Gasteiger partial charge < -0.3 is 9.80 Å². The lowest BCUT2D eigenvalue weighted by molar-refractivity contribution is 1.26. The van der Waals surface area contributed by atoms with Crippen molar-refractivity contribution in [3.05, 3.63) is 273 Å². The predicted molar refractivity (Wildman–Crippen MR) is 297 cm³/mol. The number of aromatic nitrogens is 1. The zero-order chi connectivity index (χ0) is 46.4. The minimum absolute atomic E-state index is 0.937. The van der Waals surface area contributed by atoms with Gasteiger partial charge in [0.2, 0.25) is 0 Å². The molecule has 0 atom stereocenters. The zero-order valence-corrected chi connectivity index (χ0v) is 38.3. The van der Waals surface area contributed by atoms with Crippen LogP contribution in [0.25, 0.3) is 87.4 Å². The third-order valence-corrected chi connectivity index (χ3v) is 13.8. The minimum atomic E-state index is 0.937. The molecule has 0 aliphatic carbocycles. The molecule has 0 saturated carbocycles. The standard InChI is InChI=1S/C67H45N3/c1-4-17-46(18-5-1)49-31-33-51(34-32-49)65-63-43-58(69(54-25-6-2-7-26-54)56-37-35-47-19-10-12-22-52(47)41-56)39-40-62(63)66(61-30-16-24-50-21-14-15-29-60(50)61)64-44-59(45-68-67(64)65)70(55-27-8-3-9-28-55)57-38-36-48-20-11-13-23-53(48)42-57/h1-45H. The maximum Gasteiger partial charge on any atom is 0.0794 e. The highest BCUT2D eigenvalue weighted by Crippen LogP contribution is 2.49. The summed E-state index contributed by atoms with van der Waals surface area (Å²) in [6.45, 7) is 0. The van der Waals surface area contributed by atoms with E-state index in [9.17, 15) is 0 Å². The lowest BCUT2D eigenvalue weighted by Gasteiger charge is -2.28. The summed E-state index contributed by atoms with van der Waals surface area (Å²) in [5.41, 5.74) is 14.1. The van der Waals surface area contributed by atoms with Gasteiger partial charge >= 0.3 is 0 Å². The number of benzene rings is 12. The summed E-state index contributed by atoms with van der Waals surface area (Å²) in [6, 6.07) is 96.6. The Morgan fingerprint density at radius 1 is 0.243 bits per heavy atom. The van der Waals surface area contributed by atoms with Crippen molar-refractivity contribution in [2.45, 2.75) is 0 Å². The summed E-state index contributed by atoms with van der Waals surface area (Å²) in [6.07, 6.45) is 2.07. The van der Waals surface area contributed by atoms with Crippen molar-refractivity contribution < 1.29 is 0 Å². The van der Waals surface area contributed by atoms with Gasteiger partial charge in [-0.1, -0.05) is 200 Å². The van der Waals surface area contributed by atoms with Crippen LogP contribution in [0.5, 0.6) is 0 Å². The van der Waals surface area contributed by atoms with Crippen LogP contribution in [0.2, 0.25) is 0 Å². The molecule has 0 aliphatic rings. The molecule has 0 bridgehead atoms. The van der Waals surface area contributed by atoms with E-state index in [1.807, 2.05) is 0 Å². The fraction of sp³-hybridized carbons (Fsp3) is 0. The van der Waals surface area contributed by atoms with Crippen LogP contribution < -0.4 is 9.80 Å². The van der Waals surface area contributed by atoms with E-state index in [0.29, 0.717) is 0 Å². The molecule has 0 N–H and O–H groups in total. The highest BCUT2D eigenvalue weighted by Gasteiger charge is 2.24. The van der Waals surface area contributed by atoms with E-state index in [1.54, 1.807) is 0 Å². The van der Waals surface area contributed by atoms with Crippen LogP contribution in [0.1, 0.15) is 0 Å². The van der Waals surface area contributed by atoms with Gasteiger partial charge in [-0.05, 0) is 138 Å². The Bertz CT molecular complexity index is 4050. The van der Waals surface area contributed by atoms with E-state index in [2.05, 4.69) is 283 Å². The van der Waals surface area contributed by atoms with Crippen molar-refractivity contribution in [1.29, 1.82) is 0 Å². The van der Waals surface area contributed by atoms with Gasteiger partial charge in [-0.3, -0.25) is 4.98 Å². The molecule has 12 aromatic carbocycles. The third kappa shape index (κ3) is 7.29. The van der Waals surface area contributed by atoms with Crippen LogP contribution >= 0.6 is 0 Å². The Morgan fingerprint density at radius 3 is 1.36 bits per heavy atom. The average molecular weight is 892 g/mol.